The van der Waals surface area contributed by atoms with Crippen LogP contribution in [-0.2, 0) is 10.2 Å². The molecule has 6 heteroatoms. The first-order chi connectivity index (χ1) is 9.25. The van der Waals surface area contributed by atoms with Crippen molar-refractivity contribution in [3.05, 3.63) is 0 Å². The van der Waals surface area contributed by atoms with Crippen molar-refractivity contribution in [1.29, 1.82) is 0 Å². The lowest BCUT2D eigenvalue weighted by Crippen LogP contribution is -2.44. The highest BCUT2D eigenvalue weighted by atomic mass is 32.2. The summed E-state index contributed by atoms with van der Waals surface area (Å²) in [5.41, 5.74) is 0. The Hall–Kier alpha value is -0.170. The molecule has 0 heterocycles. The summed E-state index contributed by atoms with van der Waals surface area (Å²) >= 11 is 0. The first-order valence-corrected chi connectivity index (χ1v) is 9.10. The molecule has 0 fully saturated rings. The minimum Gasteiger partial charge on any atom is -0.314 e. The Morgan fingerprint density at radius 1 is 1.15 bits per heavy atom. The quantitative estimate of drug-likeness (QED) is 0.593. The number of nitrogens with zero attached hydrogens (tertiary/aromatic N) is 2. The third-order valence-electron chi connectivity index (χ3n) is 3.49. The van der Waals surface area contributed by atoms with Gasteiger partial charge in [-0.15, -0.1) is 0 Å². The van der Waals surface area contributed by atoms with Gasteiger partial charge < -0.3 is 5.32 Å². The third-order valence-corrected chi connectivity index (χ3v) is 5.52. The molecule has 0 bridgehead atoms. The summed E-state index contributed by atoms with van der Waals surface area (Å²) < 4.78 is 28.0. The predicted octanol–water partition coefficient (Wildman–Crippen LogP) is 1.92. The summed E-state index contributed by atoms with van der Waals surface area (Å²) in [5, 5.41) is 3.30. The smallest absolute Gasteiger partial charge is 0.281 e. The van der Waals surface area contributed by atoms with Crippen LogP contribution in [0, 0.1) is 5.92 Å². The Morgan fingerprint density at radius 3 is 2.20 bits per heavy atom. The van der Waals surface area contributed by atoms with Gasteiger partial charge in [-0.1, -0.05) is 41.0 Å². The molecule has 0 aliphatic heterocycles. The van der Waals surface area contributed by atoms with Crippen molar-refractivity contribution in [2.24, 2.45) is 5.92 Å². The average molecular weight is 308 g/mol. The molecule has 1 N–H and O–H groups in total. The van der Waals surface area contributed by atoms with E-state index in [-0.39, 0.29) is 0 Å². The van der Waals surface area contributed by atoms with Crippen molar-refractivity contribution < 1.29 is 8.42 Å². The summed E-state index contributed by atoms with van der Waals surface area (Å²) in [6.07, 6.45) is 1.82. The van der Waals surface area contributed by atoms with Gasteiger partial charge in [-0.2, -0.15) is 17.0 Å². The lowest BCUT2D eigenvalue weighted by atomic mass is 10.1. The second kappa shape index (κ2) is 9.71. The van der Waals surface area contributed by atoms with Gasteiger partial charge in [-0.25, -0.2) is 0 Å². The Morgan fingerprint density at radius 2 is 1.75 bits per heavy atom. The summed E-state index contributed by atoms with van der Waals surface area (Å²) in [4.78, 5) is 0. The molecule has 5 nitrogen and oxygen atoms in total. The second-order valence-corrected chi connectivity index (χ2v) is 7.79. The van der Waals surface area contributed by atoms with E-state index in [0.29, 0.717) is 31.6 Å². The van der Waals surface area contributed by atoms with E-state index in [9.17, 15) is 8.42 Å². The van der Waals surface area contributed by atoms with E-state index >= 15 is 0 Å². The topological polar surface area (TPSA) is 52.7 Å². The molecule has 0 amide bonds. The molecule has 0 aromatic heterocycles. The standard InChI is InChI=1S/C14H33N3O2S/c1-7-14(5)12-17(8-2)20(18,19)16(6)11-9-10-15-13(3)4/h13-15H,7-12H2,1-6H3. The Kier molecular flexibility index (Phi) is 9.63. The van der Waals surface area contributed by atoms with E-state index in [1.54, 1.807) is 11.4 Å². The maximum absolute atomic E-state index is 12.5. The minimum atomic E-state index is -3.32. The number of hydrogen-bond donors (Lipinski definition) is 1. The van der Waals surface area contributed by atoms with Gasteiger partial charge in [-0.05, 0) is 18.9 Å². The SMILES string of the molecule is CCC(C)CN(CC)S(=O)(=O)N(C)CCCNC(C)C. The largest absolute Gasteiger partial charge is 0.314 e. The van der Waals surface area contributed by atoms with Crippen molar-refractivity contribution in [2.75, 3.05) is 33.2 Å². The van der Waals surface area contributed by atoms with Crippen LogP contribution in [0.2, 0.25) is 0 Å². The van der Waals surface area contributed by atoms with Gasteiger partial charge in [0.1, 0.15) is 0 Å². The van der Waals surface area contributed by atoms with Gasteiger partial charge >= 0.3 is 0 Å². The van der Waals surface area contributed by atoms with Crippen molar-refractivity contribution in [1.82, 2.24) is 13.9 Å². The molecule has 0 saturated carbocycles. The van der Waals surface area contributed by atoms with Crippen LogP contribution in [0.5, 0.6) is 0 Å². The average Bonchev–Trinajstić information content (AvgIpc) is 2.39. The molecule has 0 aromatic rings. The normalized spacial score (nSPS) is 14.4. The van der Waals surface area contributed by atoms with Gasteiger partial charge in [0.15, 0.2) is 0 Å². The van der Waals surface area contributed by atoms with E-state index in [2.05, 4.69) is 33.0 Å². The monoisotopic (exact) mass is 307 g/mol. The van der Waals surface area contributed by atoms with Gasteiger partial charge in [0, 0.05) is 32.7 Å². The maximum Gasteiger partial charge on any atom is 0.281 e. The van der Waals surface area contributed by atoms with Crippen LogP contribution in [0.4, 0.5) is 0 Å². The van der Waals surface area contributed by atoms with Crippen LogP contribution in [0.25, 0.3) is 0 Å². The lowest BCUT2D eigenvalue weighted by molar-refractivity contribution is 0.326. The third kappa shape index (κ3) is 7.02. The predicted molar refractivity (Wildman–Crippen MR) is 86.0 cm³/mol. The highest BCUT2D eigenvalue weighted by molar-refractivity contribution is 7.86. The van der Waals surface area contributed by atoms with E-state index in [0.717, 1.165) is 19.4 Å². The molecule has 0 aliphatic carbocycles. The zero-order valence-electron chi connectivity index (χ0n) is 14.0. The van der Waals surface area contributed by atoms with Crippen molar-refractivity contribution in [3.8, 4) is 0 Å². The fraction of sp³-hybridized carbons (Fsp3) is 1.00. The van der Waals surface area contributed by atoms with Crippen LogP contribution in [0.3, 0.4) is 0 Å². The molecule has 0 aromatic carbocycles. The lowest BCUT2D eigenvalue weighted by Gasteiger charge is -2.28. The second-order valence-electron chi connectivity index (χ2n) is 5.76. The molecule has 0 aliphatic rings. The van der Waals surface area contributed by atoms with Crippen LogP contribution in [0.15, 0.2) is 0 Å². The van der Waals surface area contributed by atoms with Crippen molar-refractivity contribution >= 4 is 10.2 Å². The number of nitrogens with one attached hydrogen (secondary N) is 1. The molecule has 0 spiro atoms. The molecular formula is C14H33N3O2S. The summed E-state index contributed by atoms with van der Waals surface area (Å²) in [6.45, 7) is 12.8. The molecule has 0 radical (unpaired) electrons. The van der Waals surface area contributed by atoms with Crippen molar-refractivity contribution in [3.63, 3.8) is 0 Å². The van der Waals surface area contributed by atoms with Crippen LogP contribution in [-0.4, -0.2) is 56.3 Å². The van der Waals surface area contributed by atoms with Gasteiger partial charge in [0.2, 0.25) is 0 Å². The molecule has 1 atom stereocenters. The van der Waals surface area contributed by atoms with E-state index in [4.69, 9.17) is 0 Å². The zero-order valence-corrected chi connectivity index (χ0v) is 14.8. The zero-order chi connectivity index (χ0) is 15.8. The minimum absolute atomic E-state index is 0.390. The molecule has 122 valence electrons. The van der Waals surface area contributed by atoms with Crippen LogP contribution >= 0.6 is 0 Å². The highest BCUT2D eigenvalue weighted by Crippen LogP contribution is 2.12. The Labute approximate surface area is 125 Å². The first-order valence-electron chi connectivity index (χ1n) is 7.70. The fourth-order valence-electron chi connectivity index (χ4n) is 1.87. The molecule has 1 unspecified atom stereocenters. The Bertz CT molecular complexity index is 344. The molecular weight excluding hydrogens is 274 g/mol. The highest BCUT2D eigenvalue weighted by Gasteiger charge is 2.26. The summed E-state index contributed by atoms with van der Waals surface area (Å²) in [7, 11) is -1.65. The van der Waals surface area contributed by atoms with Crippen molar-refractivity contribution in [2.45, 2.75) is 53.5 Å². The fourth-order valence-corrected chi connectivity index (χ4v) is 3.39. The van der Waals surface area contributed by atoms with E-state index in [1.165, 1.54) is 4.31 Å². The van der Waals surface area contributed by atoms with Crippen LogP contribution < -0.4 is 5.32 Å². The van der Waals surface area contributed by atoms with Gasteiger partial charge in [0.25, 0.3) is 10.2 Å². The summed E-state index contributed by atoms with van der Waals surface area (Å²) in [6, 6.07) is 0.439. The van der Waals surface area contributed by atoms with Gasteiger partial charge in [0.05, 0.1) is 0 Å². The van der Waals surface area contributed by atoms with Gasteiger partial charge in [-0.3, -0.25) is 0 Å². The van der Waals surface area contributed by atoms with E-state index < -0.39 is 10.2 Å². The molecule has 0 rings (SSSR count). The number of hydrogen-bond acceptors (Lipinski definition) is 3. The maximum atomic E-state index is 12.5. The molecule has 20 heavy (non-hydrogen) atoms. The van der Waals surface area contributed by atoms with E-state index in [1.807, 2.05) is 6.92 Å². The molecule has 0 saturated heterocycles. The van der Waals surface area contributed by atoms with Crippen LogP contribution in [0.1, 0.15) is 47.5 Å². The first kappa shape index (κ1) is 19.8. The Balaban J connectivity index is 4.43. The number of rotatable bonds is 11. The summed E-state index contributed by atoms with van der Waals surface area (Å²) in [5.74, 6) is 0.390.